The summed E-state index contributed by atoms with van der Waals surface area (Å²) in [6.07, 6.45) is -0.347. The van der Waals surface area contributed by atoms with Gasteiger partial charge in [-0.25, -0.2) is 4.98 Å². The highest BCUT2D eigenvalue weighted by Gasteiger charge is 2.14. The maximum absolute atomic E-state index is 10.1. The molecule has 3 rings (SSSR count). The largest absolute Gasteiger partial charge is 0.390 e. The van der Waals surface area contributed by atoms with E-state index in [1.165, 1.54) is 5.56 Å². The molecule has 0 bridgehead atoms. The summed E-state index contributed by atoms with van der Waals surface area (Å²) in [6.45, 7) is 7.45. The van der Waals surface area contributed by atoms with Crippen molar-refractivity contribution in [3.05, 3.63) is 40.2 Å². The van der Waals surface area contributed by atoms with E-state index in [0.29, 0.717) is 13.1 Å². The van der Waals surface area contributed by atoms with E-state index < -0.39 is 0 Å². The summed E-state index contributed by atoms with van der Waals surface area (Å²) in [5, 5.41) is 16.6. The molecule has 1 aromatic heterocycles. The predicted octanol–water partition coefficient (Wildman–Crippen LogP) is 1.90. The second kappa shape index (κ2) is 8.69. The Bertz CT molecular complexity index is 623. The molecule has 130 valence electrons. The molecule has 0 aliphatic carbocycles. The minimum atomic E-state index is -0.347. The van der Waals surface area contributed by atoms with E-state index >= 15 is 0 Å². The number of aliphatic hydroxyl groups is 1. The average molecular weight is 347 g/mol. The first-order valence-corrected chi connectivity index (χ1v) is 9.29. The number of thiazole rings is 1. The van der Waals surface area contributed by atoms with Crippen LogP contribution in [0.3, 0.4) is 0 Å². The number of benzene rings is 1. The minimum absolute atomic E-state index is 0.347. The van der Waals surface area contributed by atoms with E-state index in [-0.39, 0.29) is 6.10 Å². The summed E-state index contributed by atoms with van der Waals surface area (Å²) >= 11 is 1.67. The number of rotatable bonds is 7. The van der Waals surface area contributed by atoms with Crippen LogP contribution in [0.1, 0.15) is 10.6 Å². The Labute approximate surface area is 147 Å². The predicted molar refractivity (Wildman–Crippen MR) is 97.3 cm³/mol. The molecule has 0 radical (unpaired) electrons. The first kappa shape index (κ1) is 17.5. The fourth-order valence-electron chi connectivity index (χ4n) is 2.82. The molecule has 0 saturated carbocycles. The number of aromatic nitrogens is 1. The molecule has 1 aliphatic heterocycles. The highest BCUT2D eigenvalue weighted by atomic mass is 32.1. The Morgan fingerprint density at radius 2 is 2.04 bits per heavy atom. The van der Waals surface area contributed by atoms with E-state index in [2.05, 4.69) is 44.8 Å². The molecular weight excluding hydrogens is 322 g/mol. The van der Waals surface area contributed by atoms with Crippen molar-refractivity contribution >= 4 is 11.3 Å². The van der Waals surface area contributed by atoms with Crippen LogP contribution in [0.2, 0.25) is 0 Å². The van der Waals surface area contributed by atoms with Gasteiger partial charge >= 0.3 is 0 Å². The third-order valence-electron chi connectivity index (χ3n) is 4.15. The van der Waals surface area contributed by atoms with Crippen molar-refractivity contribution in [3.63, 3.8) is 0 Å². The molecule has 2 aromatic rings. The molecule has 5 nitrogen and oxygen atoms in total. The standard InChI is InChI=1S/C18H25N3O2S/c1-14-20-18(13-24-14)16-4-2-15(3-5-16)10-19-11-17(22)12-21-6-8-23-9-7-21/h2-5,13,17,19,22H,6-12H2,1H3. The van der Waals surface area contributed by atoms with Crippen LogP contribution < -0.4 is 5.32 Å². The van der Waals surface area contributed by atoms with Crippen LogP contribution in [0.5, 0.6) is 0 Å². The maximum atomic E-state index is 10.1. The quantitative estimate of drug-likeness (QED) is 0.801. The Morgan fingerprint density at radius 1 is 1.29 bits per heavy atom. The highest BCUT2D eigenvalue weighted by Crippen LogP contribution is 2.21. The lowest BCUT2D eigenvalue weighted by atomic mass is 10.1. The SMILES string of the molecule is Cc1nc(-c2ccc(CNCC(O)CN3CCOCC3)cc2)cs1. The average Bonchev–Trinajstić information content (AvgIpc) is 3.03. The topological polar surface area (TPSA) is 57.6 Å². The van der Waals surface area contributed by atoms with Crippen LogP contribution in [0.4, 0.5) is 0 Å². The first-order valence-electron chi connectivity index (χ1n) is 8.41. The van der Waals surface area contributed by atoms with Crippen molar-refractivity contribution in [3.8, 4) is 11.3 Å². The summed E-state index contributed by atoms with van der Waals surface area (Å²) in [4.78, 5) is 6.76. The Balaban J connectivity index is 1.41. The summed E-state index contributed by atoms with van der Waals surface area (Å²) < 4.78 is 5.32. The normalized spacial score (nSPS) is 17.1. The van der Waals surface area contributed by atoms with Gasteiger partial charge in [0.2, 0.25) is 0 Å². The van der Waals surface area contributed by atoms with Gasteiger partial charge in [-0.2, -0.15) is 0 Å². The van der Waals surface area contributed by atoms with Crippen LogP contribution >= 0.6 is 11.3 Å². The van der Waals surface area contributed by atoms with Crippen molar-refractivity contribution in [2.24, 2.45) is 0 Å². The Hall–Kier alpha value is -1.31. The first-order chi connectivity index (χ1) is 11.7. The molecule has 1 unspecified atom stereocenters. The summed E-state index contributed by atoms with van der Waals surface area (Å²) in [5.41, 5.74) is 3.40. The molecule has 0 amide bonds. The minimum Gasteiger partial charge on any atom is -0.390 e. The lowest BCUT2D eigenvalue weighted by Gasteiger charge is -2.28. The fraction of sp³-hybridized carbons (Fsp3) is 0.500. The molecule has 2 heterocycles. The number of ether oxygens (including phenoxy) is 1. The van der Waals surface area contributed by atoms with Gasteiger partial charge in [-0.15, -0.1) is 11.3 Å². The van der Waals surface area contributed by atoms with Crippen LogP contribution in [0.25, 0.3) is 11.3 Å². The van der Waals surface area contributed by atoms with E-state index in [0.717, 1.165) is 49.1 Å². The van der Waals surface area contributed by atoms with Crippen molar-refractivity contribution < 1.29 is 9.84 Å². The molecule has 0 spiro atoms. The van der Waals surface area contributed by atoms with Crippen LogP contribution in [-0.4, -0.2) is 60.5 Å². The van der Waals surface area contributed by atoms with Gasteiger partial charge in [0.05, 0.1) is 30.0 Å². The monoisotopic (exact) mass is 347 g/mol. The van der Waals surface area contributed by atoms with E-state index in [1.807, 2.05) is 6.92 Å². The molecule has 1 fully saturated rings. The molecule has 1 atom stereocenters. The maximum Gasteiger partial charge on any atom is 0.0901 e. The van der Waals surface area contributed by atoms with Crippen molar-refractivity contribution in [1.29, 1.82) is 0 Å². The molecule has 1 aliphatic rings. The van der Waals surface area contributed by atoms with Gasteiger partial charge in [0.15, 0.2) is 0 Å². The van der Waals surface area contributed by atoms with Crippen LogP contribution in [0.15, 0.2) is 29.6 Å². The van der Waals surface area contributed by atoms with Crippen LogP contribution in [-0.2, 0) is 11.3 Å². The molecule has 1 aromatic carbocycles. The smallest absolute Gasteiger partial charge is 0.0901 e. The molecule has 24 heavy (non-hydrogen) atoms. The van der Waals surface area contributed by atoms with Crippen molar-refractivity contribution in [2.45, 2.75) is 19.6 Å². The Morgan fingerprint density at radius 3 is 2.71 bits per heavy atom. The Kier molecular flexibility index (Phi) is 6.34. The number of nitrogens with zero attached hydrogens (tertiary/aromatic N) is 2. The fourth-order valence-corrected chi connectivity index (χ4v) is 3.44. The van der Waals surface area contributed by atoms with Gasteiger partial charge in [0, 0.05) is 43.7 Å². The van der Waals surface area contributed by atoms with Crippen LogP contribution in [0, 0.1) is 6.92 Å². The van der Waals surface area contributed by atoms with Crippen molar-refractivity contribution in [1.82, 2.24) is 15.2 Å². The van der Waals surface area contributed by atoms with Crippen molar-refractivity contribution in [2.75, 3.05) is 39.4 Å². The lowest BCUT2D eigenvalue weighted by Crippen LogP contribution is -2.43. The van der Waals surface area contributed by atoms with Gasteiger partial charge in [-0.05, 0) is 12.5 Å². The van der Waals surface area contributed by atoms with E-state index in [9.17, 15) is 5.11 Å². The van der Waals surface area contributed by atoms with Gasteiger partial charge in [-0.3, -0.25) is 4.90 Å². The second-order valence-electron chi connectivity index (χ2n) is 6.15. The van der Waals surface area contributed by atoms with Gasteiger partial charge in [0.25, 0.3) is 0 Å². The number of β-amino-alcohol motifs (C(OH)–C–C–N with tert-alkyl or cyclic N) is 1. The molecule has 6 heteroatoms. The zero-order chi connectivity index (χ0) is 16.8. The molecular formula is C18H25N3O2S. The zero-order valence-corrected chi connectivity index (χ0v) is 14.9. The number of morpholine rings is 1. The van der Waals surface area contributed by atoms with Gasteiger partial charge in [-0.1, -0.05) is 24.3 Å². The lowest BCUT2D eigenvalue weighted by molar-refractivity contribution is 0.0149. The van der Waals surface area contributed by atoms with E-state index in [1.54, 1.807) is 11.3 Å². The summed E-state index contributed by atoms with van der Waals surface area (Å²) in [6, 6.07) is 8.45. The second-order valence-corrected chi connectivity index (χ2v) is 7.21. The summed E-state index contributed by atoms with van der Waals surface area (Å²) in [7, 11) is 0. The number of hydrogen-bond donors (Lipinski definition) is 2. The molecule has 1 saturated heterocycles. The zero-order valence-electron chi connectivity index (χ0n) is 14.1. The van der Waals surface area contributed by atoms with Gasteiger partial charge in [0.1, 0.15) is 0 Å². The van der Waals surface area contributed by atoms with E-state index in [4.69, 9.17) is 4.74 Å². The highest BCUT2D eigenvalue weighted by molar-refractivity contribution is 7.09. The molecule has 2 N–H and O–H groups in total. The number of aliphatic hydroxyl groups excluding tert-OH is 1. The number of hydrogen-bond acceptors (Lipinski definition) is 6. The number of aryl methyl sites for hydroxylation is 1. The van der Waals surface area contributed by atoms with Gasteiger partial charge < -0.3 is 15.2 Å². The third kappa shape index (κ3) is 5.09. The summed E-state index contributed by atoms with van der Waals surface area (Å²) in [5.74, 6) is 0. The third-order valence-corrected chi connectivity index (χ3v) is 4.92. The number of nitrogens with one attached hydrogen (secondary N) is 1.